The van der Waals surface area contributed by atoms with Crippen LogP contribution in [-0.4, -0.2) is 9.91 Å². The zero-order valence-electron chi connectivity index (χ0n) is 11.1. The number of benzene rings is 1. The van der Waals surface area contributed by atoms with Crippen LogP contribution >= 0.6 is 11.6 Å². The Morgan fingerprint density at radius 1 is 1.30 bits per heavy atom. The van der Waals surface area contributed by atoms with Crippen molar-refractivity contribution < 1.29 is 4.92 Å². The molecule has 1 N–H and O–H groups in total. The van der Waals surface area contributed by atoms with Gasteiger partial charge in [-0.3, -0.25) is 10.1 Å². The molecule has 1 heterocycles. The number of nitrogens with zero attached hydrogens (tertiary/aromatic N) is 2. The second-order valence-corrected chi connectivity index (χ2v) is 4.87. The third kappa shape index (κ3) is 3.05. The molecule has 20 heavy (non-hydrogen) atoms. The maximum Gasteiger partial charge on any atom is 0.269 e. The van der Waals surface area contributed by atoms with Crippen molar-refractivity contribution in [2.24, 2.45) is 0 Å². The number of anilines is 1. The van der Waals surface area contributed by atoms with Gasteiger partial charge >= 0.3 is 0 Å². The molecule has 1 atom stereocenters. The highest BCUT2D eigenvalue weighted by Gasteiger charge is 2.12. The molecule has 1 aromatic heterocycles. The lowest BCUT2D eigenvalue weighted by atomic mass is 10.1. The first-order valence-electron chi connectivity index (χ1n) is 6.11. The summed E-state index contributed by atoms with van der Waals surface area (Å²) in [5.74, 6) is 0. The average Bonchev–Trinajstić information content (AvgIpc) is 2.43. The highest BCUT2D eigenvalue weighted by atomic mass is 35.5. The van der Waals surface area contributed by atoms with Crippen LogP contribution < -0.4 is 5.32 Å². The predicted molar refractivity (Wildman–Crippen MR) is 79.1 cm³/mol. The molecule has 2 rings (SSSR count). The molecule has 2 aromatic rings. The summed E-state index contributed by atoms with van der Waals surface area (Å²) in [6, 6.07) is 8.29. The molecular weight excluding hydrogens is 278 g/mol. The first-order valence-corrected chi connectivity index (χ1v) is 6.49. The number of nitro benzene ring substituents is 1. The highest BCUT2D eigenvalue weighted by molar-refractivity contribution is 6.32. The third-order valence-electron chi connectivity index (χ3n) is 3.08. The Hall–Kier alpha value is -2.14. The number of aryl methyl sites for hydroxylation is 1. The summed E-state index contributed by atoms with van der Waals surface area (Å²) in [6.07, 6.45) is 1.65. The molecule has 0 bridgehead atoms. The molecule has 0 aliphatic carbocycles. The van der Waals surface area contributed by atoms with Crippen molar-refractivity contribution in [2.45, 2.75) is 19.9 Å². The van der Waals surface area contributed by atoms with Crippen molar-refractivity contribution >= 4 is 23.0 Å². The van der Waals surface area contributed by atoms with Crippen LogP contribution in [0.25, 0.3) is 0 Å². The second-order valence-electron chi connectivity index (χ2n) is 4.51. The van der Waals surface area contributed by atoms with E-state index in [0.29, 0.717) is 5.15 Å². The molecule has 0 amide bonds. The van der Waals surface area contributed by atoms with Gasteiger partial charge in [-0.05, 0) is 31.0 Å². The zero-order chi connectivity index (χ0) is 14.7. The molecule has 104 valence electrons. The Kier molecular flexibility index (Phi) is 4.20. The van der Waals surface area contributed by atoms with E-state index in [1.165, 1.54) is 12.1 Å². The van der Waals surface area contributed by atoms with Crippen LogP contribution in [0.1, 0.15) is 24.1 Å². The molecule has 1 aromatic carbocycles. The van der Waals surface area contributed by atoms with Gasteiger partial charge in [0.15, 0.2) is 5.15 Å². The number of aromatic nitrogens is 1. The van der Waals surface area contributed by atoms with Crippen molar-refractivity contribution in [3.05, 3.63) is 62.9 Å². The SMILES string of the molecule is Cc1ccnc(Cl)c1NC(C)c1ccc([N+](=O)[O-])cc1. The minimum absolute atomic E-state index is 0.0313. The van der Waals surface area contributed by atoms with E-state index in [-0.39, 0.29) is 11.7 Å². The smallest absolute Gasteiger partial charge is 0.269 e. The van der Waals surface area contributed by atoms with Crippen LogP contribution in [0.2, 0.25) is 5.15 Å². The van der Waals surface area contributed by atoms with Gasteiger partial charge in [-0.15, -0.1) is 0 Å². The molecule has 0 spiro atoms. The summed E-state index contributed by atoms with van der Waals surface area (Å²) >= 11 is 6.06. The van der Waals surface area contributed by atoms with Crippen LogP contribution in [-0.2, 0) is 0 Å². The standard InChI is InChI=1S/C14H14ClN3O2/c1-9-7-8-16-14(15)13(9)17-10(2)11-3-5-12(6-4-11)18(19)20/h3-8,10,17H,1-2H3. The Labute approximate surface area is 121 Å². The normalized spacial score (nSPS) is 11.9. The van der Waals surface area contributed by atoms with Crippen LogP contribution in [0, 0.1) is 17.0 Å². The number of halogens is 1. The topological polar surface area (TPSA) is 68.1 Å². The second kappa shape index (κ2) is 5.88. The molecule has 0 aliphatic rings. The van der Waals surface area contributed by atoms with E-state index in [0.717, 1.165) is 16.8 Å². The third-order valence-corrected chi connectivity index (χ3v) is 3.36. The minimum Gasteiger partial charge on any atom is -0.376 e. The first kappa shape index (κ1) is 14.3. The summed E-state index contributed by atoms with van der Waals surface area (Å²) in [5, 5.41) is 14.3. The number of pyridine rings is 1. The summed E-state index contributed by atoms with van der Waals surface area (Å²) in [4.78, 5) is 14.3. The first-order chi connectivity index (χ1) is 9.49. The van der Waals surface area contributed by atoms with Gasteiger partial charge in [0.1, 0.15) is 0 Å². The van der Waals surface area contributed by atoms with E-state index in [2.05, 4.69) is 10.3 Å². The number of hydrogen-bond acceptors (Lipinski definition) is 4. The maximum absolute atomic E-state index is 10.6. The van der Waals surface area contributed by atoms with Gasteiger partial charge in [0, 0.05) is 24.4 Å². The molecule has 1 unspecified atom stereocenters. The van der Waals surface area contributed by atoms with E-state index >= 15 is 0 Å². The van der Waals surface area contributed by atoms with Gasteiger partial charge in [-0.2, -0.15) is 0 Å². The summed E-state index contributed by atoms with van der Waals surface area (Å²) in [6.45, 7) is 3.91. The quantitative estimate of drug-likeness (QED) is 0.522. The van der Waals surface area contributed by atoms with Crippen LogP contribution in [0.5, 0.6) is 0 Å². The fourth-order valence-corrected chi connectivity index (χ4v) is 2.14. The largest absolute Gasteiger partial charge is 0.376 e. The minimum atomic E-state index is -0.413. The van der Waals surface area contributed by atoms with Gasteiger partial charge in [0.25, 0.3) is 5.69 Å². The fourth-order valence-electron chi connectivity index (χ4n) is 1.88. The molecule has 0 radical (unpaired) electrons. The lowest BCUT2D eigenvalue weighted by molar-refractivity contribution is -0.384. The van der Waals surface area contributed by atoms with Crippen molar-refractivity contribution in [1.29, 1.82) is 0 Å². The number of rotatable bonds is 4. The van der Waals surface area contributed by atoms with Gasteiger partial charge in [-0.1, -0.05) is 23.7 Å². The van der Waals surface area contributed by atoms with Gasteiger partial charge in [0.2, 0.25) is 0 Å². The Morgan fingerprint density at radius 2 is 1.95 bits per heavy atom. The van der Waals surface area contributed by atoms with Crippen molar-refractivity contribution in [1.82, 2.24) is 4.98 Å². The Bertz CT molecular complexity index is 609. The molecule has 5 nitrogen and oxygen atoms in total. The van der Waals surface area contributed by atoms with E-state index < -0.39 is 4.92 Å². The van der Waals surface area contributed by atoms with Crippen molar-refractivity contribution in [3.8, 4) is 0 Å². The number of hydrogen-bond donors (Lipinski definition) is 1. The molecule has 6 heteroatoms. The Morgan fingerprint density at radius 3 is 2.50 bits per heavy atom. The summed E-state index contributed by atoms with van der Waals surface area (Å²) < 4.78 is 0. The van der Waals surface area contributed by atoms with Crippen molar-refractivity contribution in [2.75, 3.05) is 5.32 Å². The maximum atomic E-state index is 10.6. The predicted octanol–water partition coefficient (Wildman–Crippen LogP) is 4.12. The lowest BCUT2D eigenvalue weighted by Crippen LogP contribution is -2.08. The number of nitrogens with one attached hydrogen (secondary N) is 1. The number of non-ortho nitro benzene ring substituents is 1. The van der Waals surface area contributed by atoms with E-state index in [9.17, 15) is 10.1 Å². The van der Waals surface area contributed by atoms with Gasteiger partial charge in [0.05, 0.1) is 10.6 Å². The van der Waals surface area contributed by atoms with Gasteiger partial charge in [-0.25, -0.2) is 4.98 Å². The van der Waals surface area contributed by atoms with Crippen LogP contribution in [0.3, 0.4) is 0 Å². The Balaban J connectivity index is 2.19. The summed E-state index contributed by atoms with van der Waals surface area (Å²) in [7, 11) is 0. The molecule has 0 aliphatic heterocycles. The van der Waals surface area contributed by atoms with Crippen LogP contribution in [0.15, 0.2) is 36.5 Å². The van der Waals surface area contributed by atoms with Crippen LogP contribution in [0.4, 0.5) is 11.4 Å². The van der Waals surface area contributed by atoms with E-state index in [1.807, 2.05) is 19.9 Å². The monoisotopic (exact) mass is 291 g/mol. The van der Waals surface area contributed by atoms with Crippen molar-refractivity contribution in [3.63, 3.8) is 0 Å². The van der Waals surface area contributed by atoms with E-state index in [4.69, 9.17) is 11.6 Å². The number of nitro groups is 1. The van der Waals surface area contributed by atoms with E-state index in [1.54, 1.807) is 18.3 Å². The molecular formula is C14H14ClN3O2. The fraction of sp³-hybridized carbons (Fsp3) is 0.214. The molecule has 0 saturated carbocycles. The highest BCUT2D eigenvalue weighted by Crippen LogP contribution is 2.28. The zero-order valence-corrected chi connectivity index (χ0v) is 11.9. The molecule has 0 fully saturated rings. The lowest BCUT2D eigenvalue weighted by Gasteiger charge is -2.18. The van der Waals surface area contributed by atoms with Gasteiger partial charge < -0.3 is 5.32 Å². The average molecular weight is 292 g/mol. The summed E-state index contributed by atoms with van der Waals surface area (Å²) in [5.41, 5.74) is 2.80. The molecule has 0 saturated heterocycles.